The van der Waals surface area contributed by atoms with Gasteiger partial charge in [-0.15, -0.1) is 0 Å². The zero-order valence-corrected chi connectivity index (χ0v) is 13.9. The van der Waals surface area contributed by atoms with Crippen LogP contribution in [0.5, 0.6) is 0 Å². The number of hydrogen-bond acceptors (Lipinski definition) is 3. The summed E-state index contributed by atoms with van der Waals surface area (Å²) in [5.41, 5.74) is 0.663. The maximum absolute atomic E-state index is 12.7. The van der Waals surface area contributed by atoms with Gasteiger partial charge < -0.3 is 4.90 Å². The molecule has 0 aliphatic heterocycles. The Morgan fingerprint density at radius 1 is 1.32 bits per heavy atom. The molecule has 0 fully saturated rings. The number of pyridine rings is 1. The molecule has 0 N–H and O–H groups in total. The van der Waals surface area contributed by atoms with E-state index in [1.807, 2.05) is 43.1 Å². The molecule has 0 aliphatic rings. The average Bonchev–Trinajstić information content (AvgIpc) is 2.97. The normalized spacial score (nSPS) is 11.7. The highest BCUT2D eigenvalue weighted by Crippen LogP contribution is 2.19. The van der Waals surface area contributed by atoms with Crippen molar-refractivity contribution in [3.63, 3.8) is 0 Å². The molecule has 2 heterocycles. The highest BCUT2D eigenvalue weighted by atomic mass is 16.2. The largest absolute Gasteiger partial charge is 0.336 e. The third-order valence-corrected chi connectivity index (χ3v) is 3.26. The minimum Gasteiger partial charge on any atom is -0.336 e. The second-order valence-electron chi connectivity index (χ2n) is 6.94. The van der Waals surface area contributed by atoms with Gasteiger partial charge in [0.2, 0.25) is 0 Å². The monoisotopic (exact) mass is 300 g/mol. The SMILES string of the molecule is CC(C)N(CC(C)(C)C)C(=O)c1ccc(-n2cccn2)nc1. The van der Waals surface area contributed by atoms with Crippen LogP contribution in [-0.2, 0) is 0 Å². The lowest BCUT2D eigenvalue weighted by Crippen LogP contribution is -2.42. The van der Waals surface area contributed by atoms with Crippen LogP contribution in [0, 0.1) is 5.41 Å². The quantitative estimate of drug-likeness (QED) is 0.871. The van der Waals surface area contributed by atoms with E-state index in [1.165, 1.54) is 0 Å². The second-order valence-corrected chi connectivity index (χ2v) is 6.94. The van der Waals surface area contributed by atoms with Gasteiger partial charge in [-0.1, -0.05) is 20.8 Å². The van der Waals surface area contributed by atoms with E-state index in [2.05, 4.69) is 30.9 Å². The summed E-state index contributed by atoms with van der Waals surface area (Å²) in [6.45, 7) is 11.2. The van der Waals surface area contributed by atoms with Crippen molar-refractivity contribution in [2.75, 3.05) is 6.54 Å². The van der Waals surface area contributed by atoms with E-state index < -0.39 is 0 Å². The molecule has 0 aliphatic carbocycles. The lowest BCUT2D eigenvalue weighted by Gasteiger charge is -2.33. The number of nitrogens with zero attached hydrogens (tertiary/aromatic N) is 4. The van der Waals surface area contributed by atoms with Gasteiger partial charge in [-0.2, -0.15) is 5.10 Å². The molecule has 0 spiro atoms. The molecule has 2 aromatic heterocycles. The standard InChI is InChI=1S/C17H24N4O/c1-13(2)20(12-17(3,4)5)16(22)14-7-8-15(18-11-14)21-10-6-9-19-21/h6-11,13H,12H2,1-5H3. The Kier molecular flexibility index (Phi) is 4.64. The molecule has 2 rings (SSSR count). The lowest BCUT2D eigenvalue weighted by molar-refractivity contribution is 0.0632. The van der Waals surface area contributed by atoms with E-state index in [0.29, 0.717) is 17.9 Å². The summed E-state index contributed by atoms with van der Waals surface area (Å²) in [7, 11) is 0. The minimum absolute atomic E-state index is 0.0180. The summed E-state index contributed by atoms with van der Waals surface area (Å²) >= 11 is 0. The van der Waals surface area contributed by atoms with E-state index >= 15 is 0 Å². The molecule has 118 valence electrons. The topological polar surface area (TPSA) is 51.0 Å². The Hall–Kier alpha value is -2.17. The fourth-order valence-corrected chi connectivity index (χ4v) is 2.22. The van der Waals surface area contributed by atoms with Gasteiger partial charge in [-0.3, -0.25) is 4.79 Å². The highest BCUT2D eigenvalue weighted by molar-refractivity contribution is 5.94. The molecule has 5 nitrogen and oxygen atoms in total. The summed E-state index contributed by atoms with van der Waals surface area (Å²) in [5, 5.41) is 4.13. The molecule has 22 heavy (non-hydrogen) atoms. The first-order valence-electron chi connectivity index (χ1n) is 7.55. The molecular weight excluding hydrogens is 276 g/mol. The molecule has 0 atom stereocenters. The van der Waals surface area contributed by atoms with Gasteiger partial charge in [0.15, 0.2) is 5.82 Å². The van der Waals surface area contributed by atoms with Crippen LogP contribution >= 0.6 is 0 Å². The number of carbonyl (C=O) groups is 1. The van der Waals surface area contributed by atoms with E-state index in [1.54, 1.807) is 17.1 Å². The minimum atomic E-state index is 0.0180. The zero-order valence-electron chi connectivity index (χ0n) is 13.9. The Bertz CT molecular complexity index is 609. The van der Waals surface area contributed by atoms with Crippen molar-refractivity contribution in [1.29, 1.82) is 0 Å². The first kappa shape index (κ1) is 16.2. The van der Waals surface area contributed by atoms with Crippen LogP contribution in [0.1, 0.15) is 45.0 Å². The van der Waals surface area contributed by atoms with Crippen LogP contribution < -0.4 is 0 Å². The average molecular weight is 300 g/mol. The van der Waals surface area contributed by atoms with Crippen molar-refractivity contribution in [2.24, 2.45) is 5.41 Å². The second kappa shape index (κ2) is 6.30. The van der Waals surface area contributed by atoms with E-state index in [9.17, 15) is 4.79 Å². The first-order chi connectivity index (χ1) is 10.3. The van der Waals surface area contributed by atoms with Crippen LogP contribution in [0.25, 0.3) is 5.82 Å². The van der Waals surface area contributed by atoms with Crippen LogP contribution in [0.15, 0.2) is 36.8 Å². The summed E-state index contributed by atoms with van der Waals surface area (Å²) in [6.07, 6.45) is 5.14. The number of rotatable bonds is 4. The molecule has 0 saturated carbocycles. The van der Waals surface area contributed by atoms with Gasteiger partial charge in [0.1, 0.15) is 0 Å². The molecule has 0 unspecified atom stereocenters. The molecule has 0 bridgehead atoms. The number of amides is 1. The molecular formula is C17H24N4O. The van der Waals surface area contributed by atoms with Crippen molar-refractivity contribution >= 4 is 5.91 Å². The lowest BCUT2D eigenvalue weighted by atomic mass is 9.95. The van der Waals surface area contributed by atoms with Gasteiger partial charge in [0, 0.05) is 31.2 Å². The number of aromatic nitrogens is 3. The van der Waals surface area contributed by atoms with E-state index in [-0.39, 0.29) is 17.4 Å². The number of carbonyl (C=O) groups excluding carboxylic acids is 1. The first-order valence-corrected chi connectivity index (χ1v) is 7.55. The summed E-state index contributed by atoms with van der Waals surface area (Å²) < 4.78 is 1.67. The molecule has 0 aromatic carbocycles. The molecule has 0 radical (unpaired) electrons. The summed E-state index contributed by atoms with van der Waals surface area (Å²) in [6, 6.07) is 5.61. The van der Waals surface area contributed by atoms with Gasteiger partial charge in [0.05, 0.1) is 5.56 Å². The van der Waals surface area contributed by atoms with Crippen molar-refractivity contribution in [3.05, 3.63) is 42.4 Å². The van der Waals surface area contributed by atoms with Crippen LogP contribution in [-0.4, -0.2) is 38.2 Å². The van der Waals surface area contributed by atoms with Crippen molar-refractivity contribution in [1.82, 2.24) is 19.7 Å². The Labute approximate surface area is 132 Å². The van der Waals surface area contributed by atoms with Gasteiger partial charge in [-0.25, -0.2) is 9.67 Å². The fraction of sp³-hybridized carbons (Fsp3) is 0.471. The predicted molar refractivity (Wildman–Crippen MR) is 87.0 cm³/mol. The maximum atomic E-state index is 12.7. The van der Waals surface area contributed by atoms with Crippen molar-refractivity contribution in [2.45, 2.75) is 40.7 Å². The van der Waals surface area contributed by atoms with Gasteiger partial charge >= 0.3 is 0 Å². The zero-order chi connectivity index (χ0) is 16.3. The maximum Gasteiger partial charge on any atom is 0.255 e. The molecule has 1 amide bonds. The van der Waals surface area contributed by atoms with Gasteiger partial charge in [0.25, 0.3) is 5.91 Å². The van der Waals surface area contributed by atoms with Crippen LogP contribution in [0.4, 0.5) is 0 Å². The van der Waals surface area contributed by atoms with Crippen LogP contribution in [0.2, 0.25) is 0 Å². The van der Waals surface area contributed by atoms with Crippen molar-refractivity contribution < 1.29 is 4.79 Å². The predicted octanol–water partition coefficient (Wildman–Crippen LogP) is 3.16. The number of hydrogen-bond donors (Lipinski definition) is 0. The summed E-state index contributed by atoms with van der Waals surface area (Å²) in [4.78, 5) is 19.0. The van der Waals surface area contributed by atoms with Crippen molar-refractivity contribution in [3.8, 4) is 5.82 Å². The molecule has 5 heteroatoms. The Morgan fingerprint density at radius 2 is 2.05 bits per heavy atom. The highest BCUT2D eigenvalue weighted by Gasteiger charge is 2.24. The molecule has 2 aromatic rings. The third kappa shape index (κ3) is 3.93. The van der Waals surface area contributed by atoms with Crippen LogP contribution in [0.3, 0.4) is 0 Å². The Balaban J connectivity index is 2.20. The van der Waals surface area contributed by atoms with E-state index in [4.69, 9.17) is 0 Å². The fourth-order valence-electron chi connectivity index (χ4n) is 2.22. The third-order valence-electron chi connectivity index (χ3n) is 3.26. The van der Waals surface area contributed by atoms with Gasteiger partial charge in [-0.05, 0) is 37.5 Å². The van der Waals surface area contributed by atoms with E-state index in [0.717, 1.165) is 0 Å². The smallest absolute Gasteiger partial charge is 0.255 e. The molecule has 0 saturated heterocycles. The summed E-state index contributed by atoms with van der Waals surface area (Å²) in [5.74, 6) is 0.720. The Morgan fingerprint density at radius 3 is 2.50 bits per heavy atom.